The number of aromatic nitrogens is 2. The quantitative estimate of drug-likeness (QED) is 0.195. The smallest absolute Gasteiger partial charge is 0.262 e. The third-order valence-corrected chi connectivity index (χ3v) is 5.30. The molecular weight excluding hydrogens is 463 g/mol. The Morgan fingerprint density at radius 2 is 2.00 bits per heavy atom. The summed E-state index contributed by atoms with van der Waals surface area (Å²) in [5.74, 6) is -0.441. The van der Waals surface area contributed by atoms with E-state index in [4.69, 9.17) is 10.7 Å². The van der Waals surface area contributed by atoms with Crippen molar-refractivity contribution in [3.8, 4) is 0 Å². The number of pyridine rings is 1. The minimum atomic E-state index is -2.86. The molecule has 5 nitrogen and oxygen atoms in total. The summed E-state index contributed by atoms with van der Waals surface area (Å²) in [6, 6.07) is 5.58. The molecule has 0 aliphatic heterocycles. The van der Waals surface area contributed by atoms with Gasteiger partial charge in [-0.25, -0.2) is 18.2 Å². The van der Waals surface area contributed by atoms with E-state index < -0.39 is 17.8 Å². The van der Waals surface area contributed by atoms with Gasteiger partial charge in [-0.1, -0.05) is 45.1 Å². The summed E-state index contributed by atoms with van der Waals surface area (Å²) in [5.41, 5.74) is 9.02. The SMILES string of the molecule is C=C(N)c1cnccc1NC(=NC(=C/CCC)/C(/C=C\C(F)=C(/C)C(F)F)=C\CC)c1cccn1C. The summed E-state index contributed by atoms with van der Waals surface area (Å²) in [7, 11) is 1.90. The van der Waals surface area contributed by atoms with Crippen LogP contribution in [0.5, 0.6) is 0 Å². The maximum absolute atomic E-state index is 14.3. The molecule has 0 aromatic carbocycles. The van der Waals surface area contributed by atoms with Crippen LogP contribution in [0.25, 0.3) is 5.70 Å². The van der Waals surface area contributed by atoms with Gasteiger partial charge in [0.25, 0.3) is 6.43 Å². The topological polar surface area (TPSA) is 68.2 Å². The van der Waals surface area contributed by atoms with Crippen LogP contribution in [0.15, 0.2) is 95.3 Å². The number of aliphatic imine (C=N–C) groups is 1. The summed E-state index contributed by atoms with van der Waals surface area (Å²) in [6.07, 6.45) is 10.9. The first-order valence-corrected chi connectivity index (χ1v) is 11.8. The highest BCUT2D eigenvalue weighted by Crippen LogP contribution is 2.24. The Labute approximate surface area is 211 Å². The third-order valence-electron chi connectivity index (χ3n) is 5.30. The molecule has 3 N–H and O–H groups in total. The monoisotopic (exact) mass is 497 g/mol. The van der Waals surface area contributed by atoms with Gasteiger partial charge in [0, 0.05) is 42.5 Å². The fourth-order valence-electron chi connectivity index (χ4n) is 3.25. The molecule has 0 aliphatic carbocycles. The van der Waals surface area contributed by atoms with Crippen molar-refractivity contribution in [1.82, 2.24) is 9.55 Å². The Morgan fingerprint density at radius 3 is 2.58 bits per heavy atom. The van der Waals surface area contributed by atoms with E-state index in [-0.39, 0.29) is 0 Å². The molecule has 0 aliphatic rings. The lowest BCUT2D eigenvalue weighted by Crippen LogP contribution is -2.19. The van der Waals surface area contributed by atoms with Gasteiger partial charge in [0.2, 0.25) is 0 Å². The summed E-state index contributed by atoms with van der Waals surface area (Å²) < 4.78 is 42.1. The van der Waals surface area contributed by atoms with Crippen molar-refractivity contribution in [3.05, 3.63) is 102 Å². The molecule has 0 amide bonds. The average Bonchev–Trinajstić information content (AvgIpc) is 3.28. The Kier molecular flexibility index (Phi) is 11.0. The summed E-state index contributed by atoms with van der Waals surface area (Å²) >= 11 is 0. The second-order valence-electron chi connectivity index (χ2n) is 8.15. The summed E-state index contributed by atoms with van der Waals surface area (Å²) in [5, 5.41) is 3.35. The number of amidine groups is 1. The van der Waals surface area contributed by atoms with E-state index in [1.807, 2.05) is 55.9 Å². The highest BCUT2D eigenvalue weighted by molar-refractivity contribution is 6.09. The second kappa shape index (κ2) is 13.9. The van der Waals surface area contributed by atoms with Crippen LogP contribution in [0, 0.1) is 0 Å². The fourth-order valence-corrected chi connectivity index (χ4v) is 3.25. The highest BCUT2D eigenvalue weighted by atomic mass is 19.3. The number of aryl methyl sites for hydroxylation is 1. The van der Waals surface area contributed by atoms with Gasteiger partial charge in [0.15, 0.2) is 5.84 Å². The first-order chi connectivity index (χ1) is 17.2. The average molecular weight is 498 g/mol. The van der Waals surface area contributed by atoms with Crippen molar-refractivity contribution in [1.29, 1.82) is 0 Å². The van der Waals surface area contributed by atoms with E-state index in [2.05, 4.69) is 16.9 Å². The van der Waals surface area contributed by atoms with E-state index in [9.17, 15) is 13.2 Å². The Morgan fingerprint density at radius 1 is 1.25 bits per heavy atom. The Bertz CT molecular complexity index is 1200. The van der Waals surface area contributed by atoms with Gasteiger partial charge in [-0.15, -0.1) is 0 Å². The van der Waals surface area contributed by atoms with Crippen LogP contribution < -0.4 is 11.1 Å². The molecule has 2 rings (SSSR count). The molecule has 0 bridgehead atoms. The molecule has 2 aromatic rings. The van der Waals surface area contributed by atoms with Gasteiger partial charge in [0.05, 0.1) is 17.1 Å². The predicted molar refractivity (Wildman–Crippen MR) is 143 cm³/mol. The number of anilines is 1. The molecule has 36 heavy (non-hydrogen) atoms. The van der Waals surface area contributed by atoms with E-state index in [1.54, 1.807) is 18.5 Å². The van der Waals surface area contributed by atoms with Gasteiger partial charge >= 0.3 is 0 Å². The fraction of sp³-hybridized carbons (Fsp3) is 0.286. The van der Waals surface area contributed by atoms with Gasteiger partial charge in [-0.2, -0.15) is 0 Å². The van der Waals surface area contributed by atoms with Crippen molar-refractivity contribution in [2.75, 3.05) is 5.32 Å². The van der Waals surface area contributed by atoms with Crippen molar-refractivity contribution < 1.29 is 13.2 Å². The molecule has 8 heteroatoms. The molecule has 0 saturated heterocycles. The number of nitrogens with zero attached hydrogens (tertiary/aromatic N) is 3. The maximum atomic E-state index is 14.3. The van der Waals surface area contributed by atoms with Crippen LogP contribution in [0.2, 0.25) is 0 Å². The number of nitrogens with two attached hydrogens (primary N) is 1. The number of hydrogen-bond donors (Lipinski definition) is 2. The maximum Gasteiger partial charge on any atom is 0.262 e. The van der Waals surface area contributed by atoms with Crippen molar-refractivity contribution in [2.45, 2.75) is 46.5 Å². The number of nitrogens with one attached hydrogen (secondary N) is 1. The van der Waals surface area contributed by atoms with E-state index in [0.717, 1.165) is 31.5 Å². The molecule has 0 radical (unpaired) electrons. The zero-order valence-corrected chi connectivity index (χ0v) is 21.2. The second-order valence-corrected chi connectivity index (χ2v) is 8.15. The van der Waals surface area contributed by atoms with Crippen molar-refractivity contribution in [3.63, 3.8) is 0 Å². The predicted octanol–water partition coefficient (Wildman–Crippen LogP) is 7.29. The molecule has 0 saturated carbocycles. The number of hydrogen-bond acceptors (Lipinski definition) is 3. The van der Waals surface area contributed by atoms with Crippen molar-refractivity contribution in [2.24, 2.45) is 17.8 Å². The van der Waals surface area contributed by atoms with E-state index in [0.29, 0.717) is 40.5 Å². The Balaban J connectivity index is 2.66. The van der Waals surface area contributed by atoms with E-state index >= 15 is 0 Å². The first-order valence-electron chi connectivity index (χ1n) is 11.8. The highest BCUT2D eigenvalue weighted by Gasteiger charge is 2.14. The van der Waals surface area contributed by atoms with E-state index in [1.165, 1.54) is 6.08 Å². The lowest BCUT2D eigenvalue weighted by molar-refractivity contribution is 0.186. The zero-order valence-electron chi connectivity index (χ0n) is 21.2. The lowest BCUT2D eigenvalue weighted by Gasteiger charge is -2.16. The van der Waals surface area contributed by atoms with Crippen LogP contribution >= 0.6 is 0 Å². The van der Waals surface area contributed by atoms with Gasteiger partial charge < -0.3 is 15.6 Å². The minimum Gasteiger partial charge on any atom is -0.399 e. The third kappa shape index (κ3) is 7.86. The summed E-state index contributed by atoms with van der Waals surface area (Å²) in [6.45, 7) is 8.88. The van der Waals surface area contributed by atoms with Crippen LogP contribution in [-0.4, -0.2) is 21.8 Å². The molecule has 0 spiro atoms. The van der Waals surface area contributed by atoms with Crippen LogP contribution in [0.3, 0.4) is 0 Å². The van der Waals surface area contributed by atoms with Gasteiger partial charge in [0.1, 0.15) is 5.83 Å². The number of allylic oxidation sites excluding steroid dienone is 6. The normalized spacial score (nSPS) is 13.9. The van der Waals surface area contributed by atoms with Gasteiger partial charge in [-0.05, 0) is 49.6 Å². The molecule has 2 heterocycles. The molecule has 192 valence electrons. The van der Waals surface area contributed by atoms with Crippen LogP contribution in [-0.2, 0) is 7.05 Å². The lowest BCUT2D eigenvalue weighted by atomic mass is 10.1. The van der Waals surface area contributed by atoms with Crippen LogP contribution in [0.4, 0.5) is 18.9 Å². The number of halogens is 3. The molecular formula is C28H34F3N5. The van der Waals surface area contributed by atoms with Crippen LogP contribution in [0.1, 0.15) is 51.3 Å². The number of alkyl halides is 2. The van der Waals surface area contributed by atoms with Gasteiger partial charge in [-0.3, -0.25) is 4.98 Å². The standard InChI is InChI=1S/C28H34F3N5/c1-6-8-11-24(21(10-7-2)13-14-23(29)19(3)27(30)31)34-28(26-12-9-17-36(26)5)35-25-15-16-33-18-22(25)20(4)32/h9-18,27H,4,6-8,32H2,1-3,5H3,(H,33,34,35)/b14-13-,21-10-,23-19-,24-11+. The molecule has 0 fully saturated rings. The zero-order chi connectivity index (χ0) is 26.7. The minimum absolute atomic E-state index is 0.352. The molecule has 0 unspecified atom stereocenters. The first kappa shape index (κ1) is 28.4. The number of rotatable bonds is 11. The van der Waals surface area contributed by atoms with Crippen molar-refractivity contribution >= 4 is 17.2 Å². The largest absolute Gasteiger partial charge is 0.399 e. The number of unbranched alkanes of at least 4 members (excludes halogenated alkanes) is 1. The Hall–Kier alpha value is -3.81. The molecule has 2 aromatic heterocycles. The molecule has 0 atom stereocenters. The summed E-state index contributed by atoms with van der Waals surface area (Å²) in [4.78, 5) is 9.06.